The van der Waals surface area contributed by atoms with E-state index in [1.54, 1.807) is 11.3 Å². The zero-order valence-electron chi connectivity index (χ0n) is 8.66. The third-order valence-electron chi connectivity index (χ3n) is 2.08. The molecular formula is C12H10BrNOS. The van der Waals surface area contributed by atoms with Crippen molar-refractivity contribution in [1.29, 1.82) is 0 Å². The van der Waals surface area contributed by atoms with E-state index in [0.29, 0.717) is 5.56 Å². The van der Waals surface area contributed by atoms with Crippen LogP contribution in [0.5, 0.6) is 0 Å². The summed E-state index contributed by atoms with van der Waals surface area (Å²) in [5.74, 6) is -0.0672. The molecule has 2 nitrogen and oxygen atoms in total. The van der Waals surface area contributed by atoms with Crippen molar-refractivity contribution >= 4 is 38.9 Å². The van der Waals surface area contributed by atoms with Gasteiger partial charge in [-0.1, -0.05) is 22.0 Å². The molecule has 1 N–H and O–H groups in total. The average Bonchev–Trinajstić information content (AvgIpc) is 2.65. The Labute approximate surface area is 106 Å². The van der Waals surface area contributed by atoms with Crippen LogP contribution in [0.1, 0.15) is 15.2 Å². The quantitative estimate of drug-likeness (QED) is 0.889. The molecule has 0 saturated carbocycles. The smallest absolute Gasteiger partial charge is 0.256 e. The Balaban J connectivity index is 2.13. The molecule has 1 heterocycles. The first-order valence-electron chi connectivity index (χ1n) is 4.77. The normalized spacial score (nSPS) is 10.1. The fraction of sp³-hybridized carbons (Fsp3) is 0.0833. The van der Waals surface area contributed by atoms with Gasteiger partial charge in [-0.3, -0.25) is 4.79 Å². The number of benzene rings is 1. The van der Waals surface area contributed by atoms with E-state index < -0.39 is 0 Å². The van der Waals surface area contributed by atoms with Crippen LogP contribution in [-0.4, -0.2) is 5.91 Å². The molecule has 4 heteroatoms. The lowest BCUT2D eigenvalue weighted by atomic mass is 10.2. The third kappa shape index (κ3) is 2.71. The Bertz CT molecular complexity index is 521. The molecule has 1 aromatic heterocycles. The molecule has 2 rings (SSSR count). The molecule has 16 heavy (non-hydrogen) atoms. The molecule has 0 aliphatic carbocycles. The van der Waals surface area contributed by atoms with Gasteiger partial charge in [0.05, 0.1) is 5.56 Å². The number of hydrogen-bond acceptors (Lipinski definition) is 2. The van der Waals surface area contributed by atoms with Gasteiger partial charge in [0.25, 0.3) is 5.91 Å². The zero-order chi connectivity index (χ0) is 11.5. The van der Waals surface area contributed by atoms with Gasteiger partial charge in [-0.05, 0) is 31.2 Å². The number of rotatable bonds is 2. The molecule has 0 fully saturated rings. The molecule has 82 valence electrons. The lowest BCUT2D eigenvalue weighted by Crippen LogP contribution is -2.10. The van der Waals surface area contributed by atoms with Crippen LogP contribution in [0.3, 0.4) is 0 Å². The number of amides is 1. The van der Waals surface area contributed by atoms with E-state index in [0.717, 1.165) is 15.0 Å². The molecular weight excluding hydrogens is 286 g/mol. The summed E-state index contributed by atoms with van der Waals surface area (Å²) in [6, 6.07) is 9.43. The van der Waals surface area contributed by atoms with Gasteiger partial charge < -0.3 is 5.32 Å². The summed E-state index contributed by atoms with van der Waals surface area (Å²) in [5.41, 5.74) is 1.51. The van der Waals surface area contributed by atoms with Gasteiger partial charge >= 0.3 is 0 Å². The second-order valence-corrected chi connectivity index (χ2v) is 5.44. The van der Waals surface area contributed by atoms with Gasteiger partial charge in [0.1, 0.15) is 0 Å². The monoisotopic (exact) mass is 295 g/mol. The summed E-state index contributed by atoms with van der Waals surface area (Å²) < 4.78 is 0.951. The van der Waals surface area contributed by atoms with Gasteiger partial charge in [-0.2, -0.15) is 0 Å². The molecule has 0 bridgehead atoms. The maximum atomic E-state index is 11.8. The van der Waals surface area contributed by atoms with Crippen molar-refractivity contribution in [2.45, 2.75) is 6.92 Å². The van der Waals surface area contributed by atoms with Crippen LogP contribution in [0, 0.1) is 6.92 Å². The number of thiophene rings is 1. The topological polar surface area (TPSA) is 29.1 Å². The van der Waals surface area contributed by atoms with E-state index in [-0.39, 0.29) is 5.91 Å². The number of aryl methyl sites for hydroxylation is 1. The van der Waals surface area contributed by atoms with Crippen molar-refractivity contribution in [1.82, 2.24) is 0 Å². The van der Waals surface area contributed by atoms with Crippen LogP contribution >= 0.6 is 27.3 Å². The fourth-order valence-corrected chi connectivity index (χ4v) is 2.41. The maximum Gasteiger partial charge on any atom is 0.256 e. The van der Waals surface area contributed by atoms with Crippen LogP contribution in [0.4, 0.5) is 5.69 Å². The summed E-state index contributed by atoms with van der Waals surface area (Å²) in [5, 5.41) is 4.71. The highest BCUT2D eigenvalue weighted by molar-refractivity contribution is 9.10. The van der Waals surface area contributed by atoms with Crippen molar-refractivity contribution in [3.8, 4) is 0 Å². The average molecular weight is 296 g/mol. The second kappa shape index (κ2) is 4.80. The Morgan fingerprint density at radius 1 is 1.38 bits per heavy atom. The molecule has 0 spiro atoms. The molecule has 0 atom stereocenters. The predicted molar refractivity (Wildman–Crippen MR) is 71.2 cm³/mol. The summed E-state index contributed by atoms with van der Waals surface area (Å²) in [4.78, 5) is 13.0. The first-order chi connectivity index (χ1) is 7.65. The molecule has 0 unspecified atom stereocenters. The zero-order valence-corrected chi connectivity index (χ0v) is 11.1. The van der Waals surface area contributed by atoms with E-state index in [2.05, 4.69) is 21.2 Å². The lowest BCUT2D eigenvalue weighted by Gasteiger charge is -2.03. The summed E-state index contributed by atoms with van der Waals surface area (Å²) in [7, 11) is 0. The van der Waals surface area contributed by atoms with Crippen LogP contribution in [0.15, 0.2) is 40.2 Å². The van der Waals surface area contributed by atoms with Crippen LogP contribution < -0.4 is 5.32 Å². The predicted octanol–water partition coefficient (Wildman–Crippen LogP) is 4.07. The van der Waals surface area contributed by atoms with E-state index in [1.165, 1.54) is 0 Å². The largest absolute Gasteiger partial charge is 0.322 e. The standard InChI is InChI=1S/C12H10BrNOS/c1-8-5-9(7-16-8)12(15)14-11-4-2-3-10(13)6-11/h2-7H,1H3,(H,14,15). The number of nitrogens with one attached hydrogen (secondary N) is 1. The van der Waals surface area contributed by atoms with Gasteiger partial charge in [-0.25, -0.2) is 0 Å². The second-order valence-electron chi connectivity index (χ2n) is 3.41. The minimum Gasteiger partial charge on any atom is -0.322 e. The number of carbonyl (C=O) groups is 1. The molecule has 1 amide bonds. The van der Waals surface area contributed by atoms with Gasteiger partial charge in [0, 0.05) is 20.4 Å². The Morgan fingerprint density at radius 3 is 2.81 bits per heavy atom. The summed E-state index contributed by atoms with van der Waals surface area (Å²) in [6.07, 6.45) is 0. The Hall–Kier alpha value is -1.13. The van der Waals surface area contributed by atoms with Crippen molar-refractivity contribution in [2.24, 2.45) is 0 Å². The molecule has 0 saturated heterocycles. The summed E-state index contributed by atoms with van der Waals surface area (Å²) in [6.45, 7) is 1.99. The number of carbonyl (C=O) groups excluding carboxylic acids is 1. The van der Waals surface area contributed by atoms with E-state index in [9.17, 15) is 4.79 Å². The minimum absolute atomic E-state index is 0.0672. The van der Waals surface area contributed by atoms with E-state index in [1.807, 2.05) is 42.6 Å². The van der Waals surface area contributed by atoms with Gasteiger partial charge in [0.15, 0.2) is 0 Å². The molecule has 1 aromatic carbocycles. The highest BCUT2D eigenvalue weighted by Gasteiger charge is 2.07. The van der Waals surface area contributed by atoms with Crippen LogP contribution in [0.2, 0.25) is 0 Å². The van der Waals surface area contributed by atoms with Gasteiger partial charge in [0.2, 0.25) is 0 Å². The van der Waals surface area contributed by atoms with Crippen molar-refractivity contribution in [2.75, 3.05) is 5.32 Å². The van der Waals surface area contributed by atoms with Crippen LogP contribution in [-0.2, 0) is 0 Å². The molecule has 2 aromatic rings. The third-order valence-corrected chi connectivity index (χ3v) is 3.43. The highest BCUT2D eigenvalue weighted by atomic mass is 79.9. The lowest BCUT2D eigenvalue weighted by molar-refractivity contribution is 0.102. The minimum atomic E-state index is -0.0672. The SMILES string of the molecule is Cc1cc(C(=O)Nc2cccc(Br)c2)cs1. The van der Waals surface area contributed by atoms with Crippen molar-refractivity contribution in [3.05, 3.63) is 50.6 Å². The molecule has 0 radical (unpaired) electrons. The molecule has 0 aliphatic heterocycles. The van der Waals surface area contributed by atoms with E-state index in [4.69, 9.17) is 0 Å². The maximum absolute atomic E-state index is 11.8. The summed E-state index contributed by atoms with van der Waals surface area (Å²) >= 11 is 4.94. The number of halogens is 1. The first-order valence-corrected chi connectivity index (χ1v) is 6.44. The molecule has 0 aliphatic rings. The fourth-order valence-electron chi connectivity index (χ4n) is 1.33. The van der Waals surface area contributed by atoms with E-state index >= 15 is 0 Å². The number of anilines is 1. The highest BCUT2D eigenvalue weighted by Crippen LogP contribution is 2.18. The first kappa shape index (κ1) is 11.4. The number of hydrogen-bond donors (Lipinski definition) is 1. The Kier molecular flexibility index (Phi) is 3.41. The van der Waals surface area contributed by atoms with Crippen LogP contribution in [0.25, 0.3) is 0 Å². The van der Waals surface area contributed by atoms with Crippen molar-refractivity contribution in [3.63, 3.8) is 0 Å². The van der Waals surface area contributed by atoms with Crippen molar-refractivity contribution < 1.29 is 4.79 Å². The van der Waals surface area contributed by atoms with Gasteiger partial charge in [-0.15, -0.1) is 11.3 Å². The Morgan fingerprint density at radius 2 is 2.19 bits per heavy atom.